The van der Waals surface area contributed by atoms with E-state index in [-0.39, 0.29) is 23.4 Å². The normalized spacial score (nSPS) is 12.1. The van der Waals surface area contributed by atoms with Gasteiger partial charge in [0.25, 0.3) is 10.0 Å². The van der Waals surface area contributed by atoms with Crippen LogP contribution in [0.4, 0.5) is 5.69 Å². The lowest BCUT2D eigenvalue weighted by atomic mass is 10.0. The second kappa shape index (κ2) is 10.3. The van der Waals surface area contributed by atoms with Crippen LogP contribution in [0.3, 0.4) is 0 Å². The molecule has 3 aromatic rings. The van der Waals surface area contributed by atoms with Crippen LogP contribution in [0.1, 0.15) is 30.5 Å². The van der Waals surface area contributed by atoms with E-state index in [1.54, 1.807) is 37.4 Å². The summed E-state index contributed by atoms with van der Waals surface area (Å²) >= 11 is 0. The van der Waals surface area contributed by atoms with Gasteiger partial charge in [-0.25, -0.2) is 8.42 Å². The monoisotopic (exact) mass is 452 g/mol. The minimum absolute atomic E-state index is 0.135. The van der Waals surface area contributed by atoms with Gasteiger partial charge >= 0.3 is 0 Å². The molecule has 1 amide bonds. The SMILES string of the molecule is CC[C@H](NC(=O)CN(c1ccc(C)cc1)S(=O)(=O)c1ccccc1)c1ccc(OC)cc1. The topological polar surface area (TPSA) is 75.7 Å². The first-order valence-electron chi connectivity index (χ1n) is 10.4. The van der Waals surface area contributed by atoms with E-state index >= 15 is 0 Å². The summed E-state index contributed by atoms with van der Waals surface area (Å²) in [5.41, 5.74) is 2.36. The maximum atomic E-state index is 13.4. The third-order valence-corrected chi connectivity index (χ3v) is 6.99. The number of benzene rings is 3. The maximum absolute atomic E-state index is 13.4. The lowest BCUT2D eigenvalue weighted by Gasteiger charge is -2.26. The van der Waals surface area contributed by atoms with Crippen LogP contribution in [0.2, 0.25) is 0 Å². The zero-order valence-electron chi connectivity index (χ0n) is 18.5. The van der Waals surface area contributed by atoms with Crippen molar-refractivity contribution in [3.05, 3.63) is 90.0 Å². The predicted octanol–water partition coefficient (Wildman–Crippen LogP) is 4.47. The molecule has 0 aromatic heterocycles. The largest absolute Gasteiger partial charge is 0.497 e. The molecular formula is C25H28N2O4S. The number of nitrogens with one attached hydrogen (secondary N) is 1. The lowest BCUT2D eigenvalue weighted by Crippen LogP contribution is -2.42. The van der Waals surface area contributed by atoms with Crippen LogP contribution < -0.4 is 14.4 Å². The van der Waals surface area contributed by atoms with Gasteiger partial charge in [0.2, 0.25) is 5.91 Å². The number of hydrogen-bond donors (Lipinski definition) is 1. The highest BCUT2D eigenvalue weighted by molar-refractivity contribution is 7.92. The van der Waals surface area contributed by atoms with Crippen LogP contribution in [0.5, 0.6) is 5.75 Å². The van der Waals surface area contributed by atoms with E-state index < -0.39 is 10.0 Å². The van der Waals surface area contributed by atoms with Crippen molar-refractivity contribution in [1.82, 2.24) is 5.32 Å². The number of hydrogen-bond acceptors (Lipinski definition) is 4. The van der Waals surface area contributed by atoms with Gasteiger partial charge < -0.3 is 10.1 Å². The van der Waals surface area contributed by atoms with Crippen LogP contribution in [0.25, 0.3) is 0 Å². The van der Waals surface area contributed by atoms with Gasteiger partial charge in [0, 0.05) is 0 Å². The molecule has 0 spiro atoms. The average molecular weight is 453 g/mol. The summed E-state index contributed by atoms with van der Waals surface area (Å²) in [5.74, 6) is 0.349. The van der Waals surface area contributed by atoms with Crippen molar-refractivity contribution in [2.24, 2.45) is 0 Å². The van der Waals surface area contributed by atoms with Gasteiger partial charge in [0.1, 0.15) is 12.3 Å². The van der Waals surface area contributed by atoms with E-state index in [1.807, 2.05) is 50.2 Å². The number of nitrogens with zero attached hydrogens (tertiary/aromatic N) is 1. The molecule has 0 aliphatic heterocycles. The molecule has 32 heavy (non-hydrogen) atoms. The smallest absolute Gasteiger partial charge is 0.264 e. The van der Waals surface area contributed by atoms with E-state index in [4.69, 9.17) is 4.74 Å². The Labute approximate surface area is 189 Å². The van der Waals surface area contributed by atoms with E-state index in [9.17, 15) is 13.2 Å². The van der Waals surface area contributed by atoms with Gasteiger partial charge in [-0.1, -0.05) is 55.0 Å². The molecule has 0 radical (unpaired) electrons. The summed E-state index contributed by atoms with van der Waals surface area (Å²) in [5, 5.41) is 2.97. The Balaban J connectivity index is 1.86. The minimum Gasteiger partial charge on any atom is -0.497 e. The molecule has 168 valence electrons. The lowest BCUT2D eigenvalue weighted by molar-refractivity contribution is -0.120. The molecule has 6 nitrogen and oxygen atoms in total. The van der Waals surface area contributed by atoms with Gasteiger partial charge in [0.15, 0.2) is 0 Å². The molecule has 7 heteroatoms. The highest BCUT2D eigenvalue weighted by Gasteiger charge is 2.27. The number of aryl methyl sites for hydroxylation is 1. The Bertz CT molecular complexity index is 1130. The highest BCUT2D eigenvalue weighted by Crippen LogP contribution is 2.25. The van der Waals surface area contributed by atoms with Crippen molar-refractivity contribution >= 4 is 21.6 Å². The summed E-state index contributed by atoms with van der Waals surface area (Å²) in [6.45, 7) is 3.56. The first-order chi connectivity index (χ1) is 15.3. The molecule has 0 aliphatic rings. The number of methoxy groups -OCH3 is 1. The minimum atomic E-state index is -3.92. The highest BCUT2D eigenvalue weighted by atomic mass is 32.2. The van der Waals surface area contributed by atoms with Crippen molar-refractivity contribution in [2.45, 2.75) is 31.2 Å². The van der Waals surface area contributed by atoms with Crippen molar-refractivity contribution in [3.63, 3.8) is 0 Å². The Kier molecular flexibility index (Phi) is 7.53. The fraction of sp³-hybridized carbons (Fsp3) is 0.240. The maximum Gasteiger partial charge on any atom is 0.264 e. The molecule has 0 saturated heterocycles. The second-order valence-corrected chi connectivity index (χ2v) is 9.32. The van der Waals surface area contributed by atoms with Gasteiger partial charge in [-0.2, -0.15) is 0 Å². The molecule has 0 fully saturated rings. The third kappa shape index (κ3) is 5.48. The Hall–Kier alpha value is -3.32. The first kappa shape index (κ1) is 23.3. The van der Waals surface area contributed by atoms with Gasteiger partial charge in [0.05, 0.1) is 23.7 Å². The molecule has 0 heterocycles. The molecule has 3 aromatic carbocycles. The molecule has 3 rings (SSSR count). The summed E-state index contributed by atoms with van der Waals surface area (Å²) in [6.07, 6.45) is 0.661. The van der Waals surface area contributed by atoms with Crippen LogP contribution >= 0.6 is 0 Å². The van der Waals surface area contributed by atoms with Crippen molar-refractivity contribution < 1.29 is 17.9 Å². The van der Waals surface area contributed by atoms with Gasteiger partial charge in [-0.15, -0.1) is 0 Å². The van der Waals surface area contributed by atoms with E-state index in [0.29, 0.717) is 12.1 Å². The van der Waals surface area contributed by atoms with Crippen molar-refractivity contribution in [3.8, 4) is 5.75 Å². The Morgan fingerprint density at radius 2 is 1.59 bits per heavy atom. The zero-order valence-corrected chi connectivity index (χ0v) is 19.3. The summed E-state index contributed by atoms with van der Waals surface area (Å²) in [6, 6.07) is 22.4. The molecule has 0 unspecified atom stereocenters. The summed E-state index contributed by atoms with van der Waals surface area (Å²) < 4.78 is 33.1. The molecule has 0 bridgehead atoms. The van der Waals surface area contributed by atoms with Crippen molar-refractivity contribution in [1.29, 1.82) is 0 Å². The van der Waals surface area contributed by atoms with Crippen LogP contribution in [0.15, 0.2) is 83.8 Å². The van der Waals surface area contributed by atoms with Gasteiger partial charge in [-0.05, 0) is 55.3 Å². The van der Waals surface area contributed by atoms with Crippen LogP contribution in [-0.4, -0.2) is 28.0 Å². The zero-order chi connectivity index (χ0) is 23.1. The summed E-state index contributed by atoms with van der Waals surface area (Å²) in [7, 11) is -2.32. The summed E-state index contributed by atoms with van der Waals surface area (Å²) in [4.78, 5) is 13.1. The van der Waals surface area contributed by atoms with Crippen molar-refractivity contribution in [2.75, 3.05) is 18.0 Å². The molecule has 0 aliphatic carbocycles. The fourth-order valence-corrected chi connectivity index (χ4v) is 4.82. The number of amides is 1. The van der Waals surface area contributed by atoms with Crippen LogP contribution in [0, 0.1) is 6.92 Å². The predicted molar refractivity (Wildman–Crippen MR) is 126 cm³/mol. The molecular weight excluding hydrogens is 424 g/mol. The fourth-order valence-electron chi connectivity index (χ4n) is 3.37. The second-order valence-electron chi connectivity index (χ2n) is 7.46. The molecule has 1 N–H and O–H groups in total. The third-order valence-electron chi connectivity index (χ3n) is 5.20. The number of carbonyl (C=O) groups is 1. The van der Waals surface area contributed by atoms with E-state index in [2.05, 4.69) is 5.32 Å². The molecule has 0 saturated carbocycles. The average Bonchev–Trinajstić information content (AvgIpc) is 2.82. The van der Waals surface area contributed by atoms with E-state index in [0.717, 1.165) is 21.2 Å². The number of carbonyl (C=O) groups excluding carboxylic acids is 1. The van der Waals surface area contributed by atoms with Gasteiger partial charge in [-0.3, -0.25) is 9.10 Å². The van der Waals surface area contributed by atoms with Crippen LogP contribution in [-0.2, 0) is 14.8 Å². The standard InChI is InChI=1S/C25H28N2O4S/c1-4-24(20-12-16-22(31-3)17-13-20)26-25(28)18-27(21-14-10-19(2)11-15-21)32(29,30)23-8-6-5-7-9-23/h5-17,24H,4,18H2,1-3H3,(H,26,28)/t24-/m0/s1. The Morgan fingerprint density at radius 3 is 2.16 bits per heavy atom. The number of sulfonamides is 1. The van der Waals surface area contributed by atoms with E-state index in [1.165, 1.54) is 12.1 Å². The first-order valence-corrected chi connectivity index (χ1v) is 11.9. The molecule has 1 atom stereocenters. The quantitative estimate of drug-likeness (QED) is 0.520. The Morgan fingerprint density at radius 1 is 0.969 bits per heavy atom. The number of ether oxygens (including phenoxy) is 1. The number of rotatable bonds is 9. The number of anilines is 1.